The van der Waals surface area contributed by atoms with Crippen LogP contribution in [0.5, 0.6) is 28.7 Å². The highest BCUT2D eigenvalue weighted by Crippen LogP contribution is 2.39. The normalized spacial score (nSPS) is 11.4. The van der Waals surface area contributed by atoms with Crippen molar-refractivity contribution in [2.75, 3.05) is 35.5 Å². The third-order valence-corrected chi connectivity index (χ3v) is 5.37. The van der Waals surface area contributed by atoms with Crippen molar-refractivity contribution in [3.8, 4) is 28.7 Å². The number of hydrogen-bond acceptors (Lipinski definition) is 7. The van der Waals surface area contributed by atoms with Gasteiger partial charge in [0.05, 0.1) is 40.8 Å². The summed E-state index contributed by atoms with van der Waals surface area (Å²) in [6, 6.07) is 9.19. The maximum atomic E-state index is 12.6. The molecule has 2 aromatic carbocycles. The minimum absolute atomic E-state index is 0.0957. The van der Waals surface area contributed by atoms with Crippen molar-refractivity contribution < 1.29 is 28.5 Å². The highest BCUT2D eigenvalue weighted by Gasteiger charge is 2.19. The molecule has 1 amide bonds. The molecule has 8 heteroatoms. The average Bonchev–Trinajstić information content (AvgIpc) is 2.76. The van der Waals surface area contributed by atoms with Crippen molar-refractivity contribution in [2.45, 2.75) is 23.6 Å². The standard InChI is InChI=1S/C21H27NO6S/c1-13(29-15-8-10-16(24-2)18(11-15)26-4)21(23)22-12-14-7-9-17(25-3)20(28-6)19(14)27-5/h7-11,13H,12H2,1-6H3,(H,22,23)/t13-/m0/s1. The molecule has 7 nitrogen and oxygen atoms in total. The van der Waals surface area contributed by atoms with Gasteiger partial charge in [0.2, 0.25) is 11.7 Å². The molecule has 0 radical (unpaired) electrons. The van der Waals surface area contributed by atoms with E-state index in [4.69, 9.17) is 23.7 Å². The Hall–Kier alpha value is -2.74. The van der Waals surface area contributed by atoms with Gasteiger partial charge in [-0.25, -0.2) is 0 Å². The molecule has 0 fully saturated rings. The lowest BCUT2D eigenvalue weighted by Crippen LogP contribution is -2.30. The van der Waals surface area contributed by atoms with Crippen molar-refractivity contribution in [3.05, 3.63) is 35.9 Å². The highest BCUT2D eigenvalue weighted by atomic mass is 32.2. The number of nitrogens with one attached hydrogen (secondary N) is 1. The van der Waals surface area contributed by atoms with Gasteiger partial charge < -0.3 is 29.0 Å². The highest BCUT2D eigenvalue weighted by molar-refractivity contribution is 8.00. The summed E-state index contributed by atoms with van der Waals surface area (Å²) in [7, 11) is 7.83. The number of hydrogen-bond donors (Lipinski definition) is 1. The summed E-state index contributed by atoms with van der Waals surface area (Å²) >= 11 is 1.44. The predicted octanol–water partition coefficient (Wildman–Crippen LogP) is 3.53. The van der Waals surface area contributed by atoms with Crippen molar-refractivity contribution >= 4 is 17.7 Å². The van der Waals surface area contributed by atoms with Crippen LogP contribution in [0.25, 0.3) is 0 Å². The SMILES string of the molecule is COc1ccc(S[C@@H](C)C(=O)NCc2ccc(OC)c(OC)c2OC)cc1OC. The molecule has 2 aromatic rings. The van der Waals surface area contributed by atoms with Crippen LogP contribution in [0.1, 0.15) is 12.5 Å². The summed E-state index contributed by atoms with van der Waals surface area (Å²) in [6.07, 6.45) is 0. The number of ether oxygens (including phenoxy) is 5. The molecule has 0 aliphatic rings. The van der Waals surface area contributed by atoms with Crippen LogP contribution in [0.4, 0.5) is 0 Å². The summed E-state index contributed by atoms with van der Waals surface area (Å²) in [4.78, 5) is 13.5. The lowest BCUT2D eigenvalue weighted by atomic mass is 10.1. The Morgan fingerprint density at radius 1 is 0.862 bits per heavy atom. The molecule has 0 aliphatic carbocycles. The second-order valence-corrected chi connectivity index (χ2v) is 7.40. The summed E-state index contributed by atoms with van der Waals surface area (Å²) < 4.78 is 26.7. The van der Waals surface area contributed by atoms with E-state index in [1.54, 1.807) is 41.6 Å². The van der Waals surface area contributed by atoms with Crippen molar-refractivity contribution in [2.24, 2.45) is 0 Å². The van der Waals surface area contributed by atoms with Crippen LogP contribution in [-0.4, -0.2) is 46.7 Å². The number of methoxy groups -OCH3 is 5. The van der Waals surface area contributed by atoms with E-state index in [0.717, 1.165) is 10.5 Å². The summed E-state index contributed by atoms with van der Waals surface area (Å²) in [6.45, 7) is 2.15. The number of thioether (sulfide) groups is 1. The second kappa shape index (κ2) is 10.7. The predicted molar refractivity (Wildman–Crippen MR) is 113 cm³/mol. The lowest BCUT2D eigenvalue weighted by Gasteiger charge is -2.17. The van der Waals surface area contributed by atoms with Crippen LogP contribution in [0.2, 0.25) is 0 Å². The van der Waals surface area contributed by atoms with E-state index in [1.165, 1.54) is 11.8 Å². The number of carbonyl (C=O) groups is 1. The van der Waals surface area contributed by atoms with E-state index in [0.29, 0.717) is 35.3 Å². The number of carbonyl (C=O) groups excluding carboxylic acids is 1. The van der Waals surface area contributed by atoms with Gasteiger partial charge in [0, 0.05) is 17.0 Å². The molecule has 158 valence electrons. The number of benzene rings is 2. The van der Waals surface area contributed by atoms with Crippen molar-refractivity contribution in [3.63, 3.8) is 0 Å². The first-order valence-electron chi connectivity index (χ1n) is 8.93. The molecule has 29 heavy (non-hydrogen) atoms. The quantitative estimate of drug-likeness (QED) is 0.588. The van der Waals surface area contributed by atoms with Gasteiger partial charge in [-0.1, -0.05) is 0 Å². The van der Waals surface area contributed by atoms with Crippen LogP contribution in [0.15, 0.2) is 35.2 Å². The zero-order valence-electron chi connectivity index (χ0n) is 17.5. The summed E-state index contributed by atoms with van der Waals surface area (Å²) in [5.41, 5.74) is 0.793. The Morgan fingerprint density at radius 2 is 1.48 bits per heavy atom. The monoisotopic (exact) mass is 421 g/mol. The zero-order valence-corrected chi connectivity index (χ0v) is 18.3. The molecule has 0 saturated heterocycles. The van der Waals surface area contributed by atoms with E-state index >= 15 is 0 Å². The van der Waals surface area contributed by atoms with Gasteiger partial charge >= 0.3 is 0 Å². The molecular formula is C21H27NO6S. The van der Waals surface area contributed by atoms with Gasteiger partial charge in [0.25, 0.3) is 0 Å². The molecule has 0 spiro atoms. The Labute approximate surface area is 175 Å². The van der Waals surface area contributed by atoms with Gasteiger partial charge in [-0.3, -0.25) is 4.79 Å². The van der Waals surface area contributed by atoms with E-state index in [2.05, 4.69) is 5.32 Å². The van der Waals surface area contributed by atoms with Crippen LogP contribution in [-0.2, 0) is 11.3 Å². The van der Waals surface area contributed by atoms with Gasteiger partial charge in [0.15, 0.2) is 23.0 Å². The molecule has 2 rings (SSSR count). The maximum Gasteiger partial charge on any atom is 0.233 e. The molecular weight excluding hydrogens is 394 g/mol. The molecule has 1 atom stereocenters. The molecule has 0 aromatic heterocycles. The van der Waals surface area contributed by atoms with Crippen LogP contribution in [0, 0.1) is 0 Å². The van der Waals surface area contributed by atoms with Gasteiger partial charge in [-0.05, 0) is 37.3 Å². The molecule has 1 N–H and O–H groups in total. The molecule has 0 bridgehead atoms. The smallest absolute Gasteiger partial charge is 0.233 e. The first-order chi connectivity index (χ1) is 14.0. The van der Waals surface area contributed by atoms with Gasteiger partial charge in [-0.2, -0.15) is 0 Å². The minimum atomic E-state index is -0.306. The molecule has 0 saturated carbocycles. The zero-order chi connectivity index (χ0) is 21.4. The van der Waals surface area contributed by atoms with Crippen LogP contribution >= 0.6 is 11.8 Å². The van der Waals surface area contributed by atoms with E-state index in [1.807, 2.05) is 31.2 Å². The summed E-state index contributed by atoms with van der Waals surface area (Å²) in [5.74, 6) is 2.77. The van der Waals surface area contributed by atoms with Crippen LogP contribution < -0.4 is 29.0 Å². The lowest BCUT2D eigenvalue weighted by molar-refractivity contribution is -0.120. The molecule has 0 aliphatic heterocycles. The second-order valence-electron chi connectivity index (χ2n) is 5.99. The van der Waals surface area contributed by atoms with E-state index in [9.17, 15) is 4.79 Å². The van der Waals surface area contributed by atoms with Crippen molar-refractivity contribution in [1.82, 2.24) is 5.32 Å². The third-order valence-electron chi connectivity index (χ3n) is 4.28. The Bertz CT molecular complexity index is 842. The Kier molecular flexibility index (Phi) is 8.33. The first-order valence-corrected chi connectivity index (χ1v) is 9.81. The van der Waals surface area contributed by atoms with Crippen LogP contribution in [0.3, 0.4) is 0 Å². The fourth-order valence-corrected chi connectivity index (χ4v) is 3.70. The van der Waals surface area contributed by atoms with Gasteiger partial charge in [0.1, 0.15) is 0 Å². The molecule has 0 unspecified atom stereocenters. The topological polar surface area (TPSA) is 75.3 Å². The number of rotatable bonds is 10. The number of amides is 1. The Balaban J connectivity index is 2.05. The minimum Gasteiger partial charge on any atom is -0.493 e. The van der Waals surface area contributed by atoms with E-state index in [-0.39, 0.29) is 11.2 Å². The fraction of sp³-hybridized carbons (Fsp3) is 0.381. The molecule has 0 heterocycles. The third kappa shape index (κ3) is 5.41. The largest absolute Gasteiger partial charge is 0.493 e. The van der Waals surface area contributed by atoms with Crippen molar-refractivity contribution in [1.29, 1.82) is 0 Å². The maximum absolute atomic E-state index is 12.6. The Morgan fingerprint density at radius 3 is 2.07 bits per heavy atom. The fourth-order valence-electron chi connectivity index (χ4n) is 2.78. The van der Waals surface area contributed by atoms with E-state index < -0.39 is 0 Å². The average molecular weight is 422 g/mol. The summed E-state index contributed by atoms with van der Waals surface area (Å²) in [5, 5.41) is 2.64. The first kappa shape index (κ1) is 22.5. The van der Waals surface area contributed by atoms with Gasteiger partial charge in [-0.15, -0.1) is 11.8 Å².